The normalized spacial score (nSPS) is 9.79. The monoisotopic (exact) mass is 190 g/mol. The number of hydrogen-bond acceptors (Lipinski definition) is 3. The molecule has 0 aliphatic heterocycles. The molecule has 0 bridgehead atoms. The van der Waals surface area contributed by atoms with Crippen molar-refractivity contribution in [1.29, 1.82) is 0 Å². The molecule has 1 heterocycles. The maximum Gasteiger partial charge on any atom is 0.165 e. The lowest BCUT2D eigenvalue weighted by atomic mass is 10.3. The SMILES string of the molecule is Fc1ccccc1Oc1ccnnc1. The van der Waals surface area contributed by atoms with Gasteiger partial charge < -0.3 is 4.74 Å². The highest BCUT2D eigenvalue weighted by Gasteiger charge is 2.02. The molecule has 70 valence electrons. The highest BCUT2D eigenvalue weighted by Crippen LogP contribution is 2.22. The fraction of sp³-hybridized carbons (Fsp3) is 0. The smallest absolute Gasteiger partial charge is 0.165 e. The summed E-state index contributed by atoms with van der Waals surface area (Å²) < 4.78 is 18.3. The minimum Gasteiger partial charge on any atom is -0.453 e. The molecule has 0 fully saturated rings. The van der Waals surface area contributed by atoms with E-state index in [4.69, 9.17) is 4.74 Å². The maximum atomic E-state index is 13.1. The van der Waals surface area contributed by atoms with Crippen LogP contribution in [-0.4, -0.2) is 10.2 Å². The van der Waals surface area contributed by atoms with Gasteiger partial charge in [0.15, 0.2) is 11.6 Å². The van der Waals surface area contributed by atoms with Crippen molar-refractivity contribution in [1.82, 2.24) is 10.2 Å². The predicted octanol–water partition coefficient (Wildman–Crippen LogP) is 2.41. The van der Waals surface area contributed by atoms with E-state index in [0.29, 0.717) is 5.75 Å². The van der Waals surface area contributed by atoms with Crippen molar-refractivity contribution in [3.63, 3.8) is 0 Å². The Hall–Kier alpha value is -1.97. The molecule has 0 saturated heterocycles. The highest BCUT2D eigenvalue weighted by atomic mass is 19.1. The summed E-state index contributed by atoms with van der Waals surface area (Å²) in [6, 6.07) is 7.80. The molecule has 0 radical (unpaired) electrons. The van der Waals surface area contributed by atoms with Crippen molar-refractivity contribution < 1.29 is 9.13 Å². The standard InChI is InChI=1S/C10H7FN2O/c11-9-3-1-2-4-10(9)14-8-5-6-12-13-7-8/h1-7H. The van der Waals surface area contributed by atoms with Crippen molar-refractivity contribution in [3.05, 3.63) is 48.5 Å². The van der Waals surface area contributed by atoms with Crippen LogP contribution in [0.3, 0.4) is 0 Å². The maximum absolute atomic E-state index is 13.1. The van der Waals surface area contributed by atoms with Gasteiger partial charge in [0.1, 0.15) is 5.75 Å². The van der Waals surface area contributed by atoms with Crippen LogP contribution in [0, 0.1) is 5.82 Å². The Morgan fingerprint density at radius 2 is 1.93 bits per heavy atom. The van der Waals surface area contributed by atoms with Crippen LogP contribution >= 0.6 is 0 Å². The van der Waals surface area contributed by atoms with Gasteiger partial charge in [-0.15, -0.1) is 0 Å². The molecule has 1 aromatic heterocycles. The van der Waals surface area contributed by atoms with Gasteiger partial charge in [-0.05, 0) is 12.1 Å². The molecule has 2 rings (SSSR count). The first-order valence-electron chi connectivity index (χ1n) is 4.05. The molecule has 0 N–H and O–H groups in total. The summed E-state index contributed by atoms with van der Waals surface area (Å²) in [5.41, 5.74) is 0. The Morgan fingerprint density at radius 3 is 2.64 bits per heavy atom. The second-order valence-electron chi connectivity index (χ2n) is 2.61. The van der Waals surface area contributed by atoms with E-state index in [1.165, 1.54) is 18.5 Å². The number of hydrogen-bond donors (Lipinski definition) is 0. The molecular weight excluding hydrogens is 183 g/mol. The number of ether oxygens (including phenoxy) is 1. The number of rotatable bonds is 2. The molecular formula is C10H7FN2O. The number of halogens is 1. The van der Waals surface area contributed by atoms with Gasteiger partial charge in [0.25, 0.3) is 0 Å². The van der Waals surface area contributed by atoms with Crippen LogP contribution in [0.1, 0.15) is 0 Å². The first kappa shape index (κ1) is 8.62. The van der Waals surface area contributed by atoms with Crippen molar-refractivity contribution in [2.24, 2.45) is 0 Å². The van der Waals surface area contributed by atoms with E-state index in [0.717, 1.165) is 0 Å². The molecule has 2 aromatic rings. The summed E-state index contributed by atoms with van der Waals surface area (Å²) in [6.45, 7) is 0. The average Bonchev–Trinajstić information content (AvgIpc) is 2.23. The topological polar surface area (TPSA) is 35.0 Å². The fourth-order valence-electron chi connectivity index (χ4n) is 0.993. The van der Waals surface area contributed by atoms with E-state index in [1.807, 2.05) is 0 Å². The molecule has 3 nitrogen and oxygen atoms in total. The first-order valence-corrected chi connectivity index (χ1v) is 4.05. The summed E-state index contributed by atoms with van der Waals surface area (Å²) in [7, 11) is 0. The van der Waals surface area contributed by atoms with Gasteiger partial charge in [-0.3, -0.25) is 0 Å². The number of aromatic nitrogens is 2. The van der Waals surface area contributed by atoms with Gasteiger partial charge in [-0.25, -0.2) is 4.39 Å². The largest absolute Gasteiger partial charge is 0.453 e. The van der Waals surface area contributed by atoms with Crippen LogP contribution in [-0.2, 0) is 0 Å². The third-order valence-electron chi connectivity index (χ3n) is 1.62. The zero-order valence-corrected chi connectivity index (χ0v) is 7.22. The molecule has 0 spiro atoms. The van der Waals surface area contributed by atoms with E-state index in [2.05, 4.69) is 10.2 Å². The lowest BCUT2D eigenvalue weighted by Gasteiger charge is -2.04. The molecule has 0 saturated carbocycles. The Balaban J connectivity index is 2.24. The third kappa shape index (κ3) is 1.85. The van der Waals surface area contributed by atoms with Gasteiger partial charge in [-0.2, -0.15) is 10.2 Å². The zero-order valence-electron chi connectivity index (χ0n) is 7.22. The van der Waals surface area contributed by atoms with Crippen LogP contribution in [0.2, 0.25) is 0 Å². The van der Waals surface area contributed by atoms with E-state index in [9.17, 15) is 4.39 Å². The van der Waals surface area contributed by atoms with Crippen molar-refractivity contribution in [2.75, 3.05) is 0 Å². The van der Waals surface area contributed by atoms with Gasteiger partial charge >= 0.3 is 0 Å². The van der Waals surface area contributed by atoms with Crippen LogP contribution < -0.4 is 4.74 Å². The zero-order chi connectivity index (χ0) is 9.80. The summed E-state index contributed by atoms with van der Waals surface area (Å²) in [6.07, 6.45) is 2.91. The molecule has 0 atom stereocenters. The summed E-state index contributed by atoms with van der Waals surface area (Å²) >= 11 is 0. The first-order chi connectivity index (χ1) is 6.86. The van der Waals surface area contributed by atoms with Gasteiger partial charge in [0.2, 0.25) is 0 Å². The molecule has 0 unspecified atom stereocenters. The summed E-state index contributed by atoms with van der Waals surface area (Å²) in [5, 5.41) is 7.20. The Morgan fingerprint density at radius 1 is 1.07 bits per heavy atom. The van der Waals surface area contributed by atoms with Gasteiger partial charge in [0, 0.05) is 6.07 Å². The minimum atomic E-state index is -0.399. The molecule has 14 heavy (non-hydrogen) atoms. The lowest BCUT2D eigenvalue weighted by molar-refractivity contribution is 0.439. The number of nitrogens with zero attached hydrogens (tertiary/aromatic N) is 2. The van der Waals surface area contributed by atoms with Crippen LogP contribution in [0.5, 0.6) is 11.5 Å². The fourth-order valence-corrected chi connectivity index (χ4v) is 0.993. The van der Waals surface area contributed by atoms with E-state index in [-0.39, 0.29) is 5.75 Å². The molecule has 4 heteroatoms. The van der Waals surface area contributed by atoms with Crippen molar-refractivity contribution >= 4 is 0 Å². The lowest BCUT2D eigenvalue weighted by Crippen LogP contribution is -1.88. The second kappa shape index (κ2) is 3.83. The second-order valence-corrected chi connectivity index (χ2v) is 2.61. The molecule has 0 aliphatic carbocycles. The third-order valence-corrected chi connectivity index (χ3v) is 1.62. The molecule has 1 aromatic carbocycles. The Labute approximate surface area is 80.2 Å². The summed E-state index contributed by atoms with van der Waals surface area (Å²) in [5.74, 6) is 0.245. The minimum absolute atomic E-state index is 0.181. The molecule has 0 aliphatic rings. The van der Waals surface area contributed by atoms with Gasteiger partial charge in [-0.1, -0.05) is 12.1 Å². The van der Waals surface area contributed by atoms with Crippen LogP contribution in [0.4, 0.5) is 4.39 Å². The van der Waals surface area contributed by atoms with E-state index >= 15 is 0 Å². The number of para-hydroxylation sites is 1. The van der Waals surface area contributed by atoms with E-state index < -0.39 is 5.82 Å². The number of benzene rings is 1. The van der Waals surface area contributed by atoms with Crippen molar-refractivity contribution in [3.8, 4) is 11.5 Å². The molecule has 0 amide bonds. The van der Waals surface area contributed by atoms with Crippen molar-refractivity contribution in [2.45, 2.75) is 0 Å². The van der Waals surface area contributed by atoms with Gasteiger partial charge in [0.05, 0.1) is 12.4 Å². The van der Waals surface area contributed by atoms with E-state index in [1.54, 1.807) is 24.3 Å². The summed E-state index contributed by atoms with van der Waals surface area (Å²) in [4.78, 5) is 0. The van der Waals surface area contributed by atoms with Crippen LogP contribution in [0.25, 0.3) is 0 Å². The highest BCUT2D eigenvalue weighted by molar-refractivity contribution is 5.29. The predicted molar refractivity (Wildman–Crippen MR) is 48.5 cm³/mol. The quantitative estimate of drug-likeness (QED) is 0.729. The van der Waals surface area contributed by atoms with Crippen LogP contribution in [0.15, 0.2) is 42.7 Å². The average molecular weight is 190 g/mol. The Kier molecular flexibility index (Phi) is 2.36. The Bertz CT molecular complexity index is 419.